The third kappa shape index (κ3) is 51.8. The summed E-state index contributed by atoms with van der Waals surface area (Å²) in [5, 5.41) is 23.3. The number of ether oxygens (including phenoxy) is 1. The Balaban J connectivity index is 3.42. The Hall–Kier alpha value is -1.40. The summed E-state index contributed by atoms with van der Waals surface area (Å²) in [5.41, 5.74) is 0. The molecule has 0 aliphatic carbocycles. The number of amides is 1. The monoisotopic (exact) mass is 918 g/mol. The molecule has 65 heavy (non-hydrogen) atoms. The van der Waals surface area contributed by atoms with E-state index < -0.39 is 12.1 Å². The van der Waals surface area contributed by atoms with Crippen LogP contribution >= 0.6 is 0 Å². The molecule has 0 aliphatic heterocycles. The second-order valence-corrected chi connectivity index (χ2v) is 20.3. The highest BCUT2D eigenvalue weighted by atomic mass is 16.5. The number of allylic oxidation sites excluding steroid dienone is 2. The summed E-state index contributed by atoms with van der Waals surface area (Å²) >= 11 is 0. The van der Waals surface area contributed by atoms with Crippen LogP contribution in [0.15, 0.2) is 12.2 Å². The van der Waals surface area contributed by atoms with Crippen LogP contribution in [0.5, 0.6) is 0 Å². The third-order valence-corrected chi connectivity index (χ3v) is 13.8. The third-order valence-electron chi connectivity index (χ3n) is 13.8. The van der Waals surface area contributed by atoms with Gasteiger partial charge in [-0.3, -0.25) is 9.59 Å². The summed E-state index contributed by atoms with van der Waals surface area (Å²) in [4.78, 5) is 24.6. The van der Waals surface area contributed by atoms with Crippen LogP contribution in [0.2, 0.25) is 0 Å². The normalized spacial score (nSPS) is 12.6. The van der Waals surface area contributed by atoms with E-state index in [1.165, 1.54) is 244 Å². The number of aliphatic hydroxyl groups excluding tert-OH is 2. The standard InChI is InChI=1S/C59H115NO5/c1-3-5-7-9-11-13-15-17-19-21-22-23-25-29-33-37-41-45-49-53-59(64)65-54-50-46-42-38-34-30-26-28-32-36-40-44-48-52-58(63)60-56(55-61)57(62)51-47-43-39-35-31-27-24-20-18-16-14-12-10-8-6-4-2/h17,19,56-57,61-62H,3-16,18,20-55H2,1-2H3,(H,60,63)/b19-17-. The number of aliphatic hydroxyl groups is 2. The van der Waals surface area contributed by atoms with Crippen molar-refractivity contribution in [2.75, 3.05) is 13.2 Å². The molecule has 0 saturated carbocycles. The van der Waals surface area contributed by atoms with Gasteiger partial charge in [0.2, 0.25) is 5.91 Å². The molecule has 2 unspecified atom stereocenters. The summed E-state index contributed by atoms with van der Waals surface area (Å²) in [5.74, 6) is -0.0503. The van der Waals surface area contributed by atoms with Gasteiger partial charge in [0.15, 0.2) is 0 Å². The van der Waals surface area contributed by atoms with Gasteiger partial charge in [-0.15, -0.1) is 0 Å². The molecule has 0 aromatic heterocycles. The lowest BCUT2D eigenvalue weighted by molar-refractivity contribution is -0.143. The number of rotatable bonds is 55. The molecule has 0 fully saturated rings. The van der Waals surface area contributed by atoms with Crippen LogP contribution in [0, 0.1) is 0 Å². The predicted molar refractivity (Wildman–Crippen MR) is 283 cm³/mol. The maximum atomic E-state index is 12.5. The Morgan fingerprint density at radius 2 is 0.723 bits per heavy atom. The molecule has 0 aromatic carbocycles. The minimum Gasteiger partial charge on any atom is -0.466 e. The van der Waals surface area contributed by atoms with Crippen LogP contribution < -0.4 is 5.32 Å². The zero-order valence-electron chi connectivity index (χ0n) is 44.0. The molecule has 1 amide bonds. The first-order chi connectivity index (χ1) is 32.0. The summed E-state index contributed by atoms with van der Waals surface area (Å²) in [6.07, 6.45) is 64.8. The highest BCUT2D eigenvalue weighted by Crippen LogP contribution is 2.17. The topological polar surface area (TPSA) is 95.9 Å². The van der Waals surface area contributed by atoms with Crippen LogP contribution in [0.1, 0.15) is 328 Å². The molecule has 0 bridgehead atoms. The SMILES string of the molecule is CCCCCCCC/C=C\CCCCCCCCCCCC(=O)OCCCCCCCCCCCCCCCC(=O)NC(CO)C(O)CCCCCCCCCCCCCCCCCC. The first-order valence-corrected chi connectivity index (χ1v) is 29.4. The Labute approximate surface area is 406 Å². The predicted octanol–water partition coefficient (Wildman–Crippen LogP) is 18.1. The number of carbonyl (C=O) groups is 2. The molecule has 2 atom stereocenters. The highest BCUT2D eigenvalue weighted by Gasteiger charge is 2.20. The van der Waals surface area contributed by atoms with E-state index in [1.54, 1.807) is 0 Å². The number of carbonyl (C=O) groups excluding carboxylic acids is 2. The van der Waals surface area contributed by atoms with Gasteiger partial charge in [-0.25, -0.2) is 0 Å². The van der Waals surface area contributed by atoms with Crippen molar-refractivity contribution in [1.82, 2.24) is 5.32 Å². The zero-order valence-corrected chi connectivity index (χ0v) is 44.0. The van der Waals surface area contributed by atoms with Crippen LogP contribution in [0.3, 0.4) is 0 Å². The van der Waals surface area contributed by atoms with Crippen molar-refractivity contribution in [3.8, 4) is 0 Å². The molecule has 0 heterocycles. The molecule has 6 nitrogen and oxygen atoms in total. The molecule has 0 aromatic rings. The van der Waals surface area contributed by atoms with E-state index >= 15 is 0 Å². The number of unbranched alkanes of at least 4 members (excludes halogenated alkanes) is 42. The van der Waals surface area contributed by atoms with E-state index in [0.29, 0.717) is 25.9 Å². The van der Waals surface area contributed by atoms with Crippen molar-refractivity contribution in [2.45, 2.75) is 341 Å². The maximum Gasteiger partial charge on any atom is 0.305 e. The van der Waals surface area contributed by atoms with E-state index in [4.69, 9.17) is 4.74 Å². The van der Waals surface area contributed by atoms with Gasteiger partial charge in [0.25, 0.3) is 0 Å². The highest BCUT2D eigenvalue weighted by molar-refractivity contribution is 5.76. The first-order valence-electron chi connectivity index (χ1n) is 29.4. The zero-order chi connectivity index (χ0) is 47.2. The van der Waals surface area contributed by atoms with E-state index in [0.717, 1.165) is 51.4 Å². The molecular weight excluding hydrogens is 803 g/mol. The van der Waals surface area contributed by atoms with Crippen molar-refractivity contribution in [2.24, 2.45) is 0 Å². The van der Waals surface area contributed by atoms with Gasteiger partial charge in [-0.2, -0.15) is 0 Å². The second-order valence-electron chi connectivity index (χ2n) is 20.3. The lowest BCUT2D eigenvalue weighted by Gasteiger charge is -2.22. The quantitative estimate of drug-likeness (QED) is 0.0321. The molecule has 0 radical (unpaired) electrons. The lowest BCUT2D eigenvalue weighted by atomic mass is 10.0. The van der Waals surface area contributed by atoms with E-state index in [2.05, 4.69) is 31.3 Å². The van der Waals surface area contributed by atoms with E-state index in [9.17, 15) is 19.8 Å². The van der Waals surface area contributed by atoms with Gasteiger partial charge in [-0.1, -0.05) is 276 Å². The van der Waals surface area contributed by atoms with E-state index in [1.807, 2.05) is 0 Å². The van der Waals surface area contributed by atoms with Crippen LogP contribution in [-0.2, 0) is 14.3 Å². The lowest BCUT2D eigenvalue weighted by Crippen LogP contribution is -2.45. The first kappa shape index (κ1) is 63.6. The summed E-state index contributed by atoms with van der Waals surface area (Å²) in [7, 11) is 0. The number of hydrogen-bond donors (Lipinski definition) is 3. The van der Waals surface area contributed by atoms with Gasteiger partial charge in [0, 0.05) is 12.8 Å². The maximum absolute atomic E-state index is 12.5. The molecular formula is C59H115NO5. The fourth-order valence-corrected chi connectivity index (χ4v) is 9.28. The molecule has 0 aliphatic rings. The molecule has 0 rings (SSSR count). The minimum atomic E-state index is -0.672. The van der Waals surface area contributed by atoms with Gasteiger partial charge >= 0.3 is 5.97 Å². The Morgan fingerprint density at radius 3 is 1.09 bits per heavy atom. The number of hydrogen-bond acceptors (Lipinski definition) is 5. The Kier molecular flexibility index (Phi) is 54.0. The molecule has 386 valence electrons. The summed E-state index contributed by atoms with van der Waals surface area (Å²) in [6.45, 7) is 4.94. The fourth-order valence-electron chi connectivity index (χ4n) is 9.28. The van der Waals surface area contributed by atoms with Crippen LogP contribution in [0.25, 0.3) is 0 Å². The van der Waals surface area contributed by atoms with E-state index in [-0.39, 0.29) is 18.5 Å². The van der Waals surface area contributed by atoms with Crippen LogP contribution in [0.4, 0.5) is 0 Å². The number of esters is 1. The summed E-state index contributed by atoms with van der Waals surface area (Å²) < 4.78 is 5.49. The fraction of sp³-hybridized carbons (Fsp3) is 0.932. The van der Waals surface area contributed by atoms with Gasteiger partial charge < -0.3 is 20.3 Å². The Morgan fingerprint density at radius 1 is 0.415 bits per heavy atom. The van der Waals surface area contributed by atoms with Crippen molar-refractivity contribution >= 4 is 11.9 Å². The summed E-state index contributed by atoms with van der Waals surface area (Å²) in [6, 6.07) is -0.551. The largest absolute Gasteiger partial charge is 0.466 e. The minimum absolute atomic E-state index is 0.00498. The van der Waals surface area contributed by atoms with Crippen molar-refractivity contribution in [3.05, 3.63) is 12.2 Å². The second kappa shape index (κ2) is 55.2. The number of nitrogens with one attached hydrogen (secondary N) is 1. The van der Waals surface area contributed by atoms with Crippen molar-refractivity contribution in [3.63, 3.8) is 0 Å². The molecule has 3 N–H and O–H groups in total. The van der Waals surface area contributed by atoms with Gasteiger partial charge in [0.05, 0.1) is 25.4 Å². The molecule has 0 spiro atoms. The van der Waals surface area contributed by atoms with Crippen molar-refractivity contribution in [1.29, 1.82) is 0 Å². The van der Waals surface area contributed by atoms with Crippen molar-refractivity contribution < 1.29 is 24.5 Å². The average molecular weight is 919 g/mol. The smallest absolute Gasteiger partial charge is 0.305 e. The Bertz CT molecular complexity index is 970. The van der Waals surface area contributed by atoms with Gasteiger partial charge in [-0.05, 0) is 51.4 Å². The molecule has 0 saturated heterocycles. The average Bonchev–Trinajstić information content (AvgIpc) is 3.31. The van der Waals surface area contributed by atoms with Crippen LogP contribution in [-0.4, -0.2) is 47.4 Å². The molecule has 6 heteroatoms. The van der Waals surface area contributed by atoms with Gasteiger partial charge in [0.1, 0.15) is 0 Å².